The molecule has 0 heterocycles. The Morgan fingerprint density at radius 1 is 0.960 bits per heavy atom. The van der Waals surface area contributed by atoms with Crippen molar-refractivity contribution < 1.29 is 18.0 Å². The zero-order valence-electron chi connectivity index (χ0n) is 14.2. The third-order valence-corrected chi connectivity index (χ3v) is 3.22. The molecule has 25 heavy (non-hydrogen) atoms. The first-order valence-electron chi connectivity index (χ1n) is 7.68. The molecule has 0 aromatic heterocycles. The third kappa shape index (κ3) is 5.12. The molecule has 0 spiro atoms. The minimum absolute atomic E-state index is 0.236. The number of para-hydroxylation sites is 1. The molecule has 0 aliphatic carbocycles. The molecule has 130 valence electrons. The number of carbonyl (C=O) groups excluding carboxylic acids is 1. The third-order valence-electron chi connectivity index (χ3n) is 3.22. The Morgan fingerprint density at radius 2 is 1.56 bits per heavy atom. The number of benzene rings is 2. The maximum absolute atomic E-state index is 13.1. The van der Waals surface area contributed by atoms with E-state index in [1.54, 1.807) is 24.3 Å². The highest BCUT2D eigenvalue weighted by molar-refractivity contribution is 6.06. The Balaban J connectivity index is 2.36. The molecule has 0 unspecified atom stereocenters. The fraction of sp³-hybridized carbons (Fsp3) is 0.250. The lowest BCUT2D eigenvalue weighted by molar-refractivity contribution is -0.137. The van der Waals surface area contributed by atoms with Crippen LogP contribution >= 0.6 is 0 Å². The smallest absolute Gasteiger partial charge is 0.321 e. The predicted octanol–water partition coefficient (Wildman–Crippen LogP) is 5.36. The lowest BCUT2D eigenvalue weighted by Gasteiger charge is -2.13. The molecule has 0 saturated carbocycles. The summed E-state index contributed by atoms with van der Waals surface area (Å²) in [5, 5.41) is 2.53. The highest BCUT2D eigenvalue weighted by Crippen LogP contribution is 2.32. The van der Waals surface area contributed by atoms with Gasteiger partial charge in [-0.05, 0) is 45.0 Å². The van der Waals surface area contributed by atoms with Crippen LogP contribution in [-0.4, -0.2) is 5.91 Å². The number of hydrogen-bond donors (Lipinski definition) is 1. The monoisotopic (exact) mass is 345 g/mol. The number of amides is 1. The van der Waals surface area contributed by atoms with Crippen LogP contribution in [0.15, 0.2) is 48.5 Å². The molecule has 0 fully saturated rings. The Hall–Kier alpha value is -2.74. The van der Waals surface area contributed by atoms with E-state index in [0.29, 0.717) is 11.3 Å². The molecule has 0 atom stereocenters. The summed E-state index contributed by atoms with van der Waals surface area (Å²) in [6.45, 7) is 5.84. The van der Waals surface area contributed by atoms with Gasteiger partial charge in [0.2, 0.25) is 0 Å². The molecule has 2 aromatic carbocycles. The van der Waals surface area contributed by atoms with E-state index >= 15 is 0 Å². The number of rotatable bonds is 2. The Morgan fingerprint density at radius 3 is 2.20 bits per heavy atom. The van der Waals surface area contributed by atoms with E-state index in [1.807, 2.05) is 20.8 Å². The van der Waals surface area contributed by atoms with Gasteiger partial charge in [-0.25, -0.2) is 0 Å². The number of alkyl halides is 3. The largest absolute Gasteiger partial charge is 0.417 e. The molecule has 5 heteroatoms. The Kier molecular flexibility index (Phi) is 5.22. The van der Waals surface area contributed by atoms with Crippen molar-refractivity contribution in [1.82, 2.24) is 0 Å². The van der Waals surface area contributed by atoms with E-state index in [2.05, 4.69) is 17.2 Å². The first-order valence-corrected chi connectivity index (χ1v) is 7.68. The fourth-order valence-electron chi connectivity index (χ4n) is 2.07. The van der Waals surface area contributed by atoms with Crippen LogP contribution in [0.4, 0.5) is 18.9 Å². The van der Waals surface area contributed by atoms with Gasteiger partial charge in [-0.1, -0.05) is 36.1 Å². The predicted molar refractivity (Wildman–Crippen MR) is 92.2 cm³/mol. The molecule has 0 saturated heterocycles. The summed E-state index contributed by atoms with van der Waals surface area (Å²) in [7, 11) is 0. The average Bonchev–Trinajstić information content (AvgIpc) is 2.52. The van der Waals surface area contributed by atoms with Crippen LogP contribution in [0.1, 0.15) is 42.3 Å². The Bertz CT molecular complexity index is 836. The van der Waals surface area contributed by atoms with E-state index in [9.17, 15) is 18.0 Å². The van der Waals surface area contributed by atoms with Gasteiger partial charge in [0.25, 0.3) is 5.91 Å². The molecule has 0 bridgehead atoms. The van der Waals surface area contributed by atoms with Crippen LogP contribution in [-0.2, 0) is 6.18 Å². The highest BCUT2D eigenvalue weighted by atomic mass is 19.4. The summed E-state index contributed by atoms with van der Waals surface area (Å²) in [6, 6.07) is 11.5. The lowest BCUT2D eigenvalue weighted by atomic mass is 9.97. The molecule has 2 rings (SSSR count). The summed E-state index contributed by atoms with van der Waals surface area (Å²) < 4.78 is 39.2. The standard InChI is InChI=1S/C20H18F3NO/c1-19(2,3)13-12-14-8-4-7-11-17(14)24-18(25)15-9-5-6-10-16(15)20(21,22)23/h4-11H,1-3H3,(H,24,25). The van der Waals surface area contributed by atoms with Gasteiger partial charge in [0, 0.05) is 11.0 Å². The van der Waals surface area contributed by atoms with Gasteiger partial charge in [-0.15, -0.1) is 0 Å². The van der Waals surface area contributed by atoms with Crippen LogP contribution in [0, 0.1) is 17.3 Å². The first-order chi connectivity index (χ1) is 11.6. The van der Waals surface area contributed by atoms with E-state index in [4.69, 9.17) is 0 Å². The summed E-state index contributed by atoms with van der Waals surface area (Å²) in [5.41, 5.74) is -0.698. The van der Waals surface area contributed by atoms with E-state index in [1.165, 1.54) is 12.1 Å². The molecule has 1 amide bonds. The van der Waals surface area contributed by atoms with E-state index in [0.717, 1.165) is 12.1 Å². The number of halogens is 3. The quantitative estimate of drug-likeness (QED) is 0.730. The van der Waals surface area contributed by atoms with Crippen molar-refractivity contribution >= 4 is 11.6 Å². The first kappa shape index (κ1) is 18.6. The second-order valence-corrected chi connectivity index (χ2v) is 6.54. The number of anilines is 1. The summed E-state index contributed by atoms with van der Waals surface area (Å²) in [4.78, 5) is 12.4. The van der Waals surface area contributed by atoms with Crippen LogP contribution in [0.3, 0.4) is 0 Å². The fourth-order valence-corrected chi connectivity index (χ4v) is 2.07. The molecule has 1 N–H and O–H groups in total. The minimum atomic E-state index is -4.60. The molecule has 0 aliphatic rings. The normalized spacial score (nSPS) is 11.4. The van der Waals surface area contributed by atoms with Crippen molar-refractivity contribution in [2.24, 2.45) is 5.41 Å². The van der Waals surface area contributed by atoms with Gasteiger partial charge < -0.3 is 5.32 Å². The van der Waals surface area contributed by atoms with Crippen molar-refractivity contribution in [2.45, 2.75) is 26.9 Å². The van der Waals surface area contributed by atoms with Gasteiger partial charge in [-0.3, -0.25) is 4.79 Å². The SMILES string of the molecule is CC(C)(C)C#Cc1ccccc1NC(=O)c1ccccc1C(F)(F)F. The van der Waals surface area contributed by atoms with E-state index < -0.39 is 23.2 Å². The van der Waals surface area contributed by atoms with Crippen LogP contribution in [0.2, 0.25) is 0 Å². The number of nitrogens with one attached hydrogen (secondary N) is 1. The maximum Gasteiger partial charge on any atom is 0.417 e. The van der Waals surface area contributed by atoms with Gasteiger partial charge in [0.1, 0.15) is 0 Å². The van der Waals surface area contributed by atoms with Crippen molar-refractivity contribution in [3.05, 3.63) is 65.2 Å². The summed E-state index contributed by atoms with van der Waals surface area (Å²) in [6.07, 6.45) is -4.60. The van der Waals surface area contributed by atoms with Crippen LogP contribution in [0.25, 0.3) is 0 Å². The molecular formula is C20H18F3NO. The molecule has 0 radical (unpaired) electrons. The molecule has 0 aliphatic heterocycles. The molecule has 2 aromatic rings. The highest BCUT2D eigenvalue weighted by Gasteiger charge is 2.34. The van der Waals surface area contributed by atoms with Crippen molar-refractivity contribution in [1.29, 1.82) is 0 Å². The zero-order valence-corrected chi connectivity index (χ0v) is 14.2. The second-order valence-electron chi connectivity index (χ2n) is 6.54. The Labute approximate surface area is 145 Å². The van der Waals surface area contributed by atoms with Crippen LogP contribution in [0.5, 0.6) is 0 Å². The second kappa shape index (κ2) is 7.02. The summed E-state index contributed by atoms with van der Waals surface area (Å²) >= 11 is 0. The van der Waals surface area contributed by atoms with Crippen molar-refractivity contribution in [2.75, 3.05) is 5.32 Å². The van der Waals surface area contributed by atoms with Gasteiger partial charge in [0.15, 0.2) is 0 Å². The zero-order chi connectivity index (χ0) is 18.7. The minimum Gasteiger partial charge on any atom is -0.321 e. The van der Waals surface area contributed by atoms with Gasteiger partial charge in [0.05, 0.1) is 16.8 Å². The maximum atomic E-state index is 13.1. The number of carbonyl (C=O) groups is 1. The average molecular weight is 345 g/mol. The van der Waals surface area contributed by atoms with E-state index in [-0.39, 0.29) is 5.41 Å². The van der Waals surface area contributed by atoms with Gasteiger partial charge >= 0.3 is 6.18 Å². The van der Waals surface area contributed by atoms with Crippen molar-refractivity contribution in [3.8, 4) is 11.8 Å². The number of hydrogen-bond acceptors (Lipinski definition) is 1. The lowest BCUT2D eigenvalue weighted by Crippen LogP contribution is -2.19. The van der Waals surface area contributed by atoms with Gasteiger partial charge in [-0.2, -0.15) is 13.2 Å². The van der Waals surface area contributed by atoms with Crippen LogP contribution < -0.4 is 5.32 Å². The molecular weight excluding hydrogens is 327 g/mol. The topological polar surface area (TPSA) is 29.1 Å². The van der Waals surface area contributed by atoms with Crippen molar-refractivity contribution in [3.63, 3.8) is 0 Å². The summed E-state index contributed by atoms with van der Waals surface area (Å²) in [5.74, 6) is 5.19. The molecule has 2 nitrogen and oxygen atoms in total.